The third kappa shape index (κ3) is 3.35. The van der Waals surface area contributed by atoms with Gasteiger partial charge in [0.1, 0.15) is 5.78 Å². The second-order valence-corrected chi connectivity index (χ2v) is 7.15. The molecule has 4 nitrogen and oxygen atoms in total. The highest BCUT2D eigenvalue weighted by Gasteiger charge is 2.22. The molecular weight excluding hydrogens is 262 g/mol. The van der Waals surface area contributed by atoms with Crippen molar-refractivity contribution in [2.75, 3.05) is 24.2 Å². The van der Waals surface area contributed by atoms with Crippen LogP contribution in [0, 0.1) is 5.92 Å². The Labute approximate surface area is 114 Å². The van der Waals surface area contributed by atoms with Gasteiger partial charge in [-0.25, -0.2) is 8.42 Å². The standard InChI is InChI=1S/C14H19NO3S/c1-11(16)12-7-9-15(10-8-12)13-3-5-14(6-4-13)19(2,17)18/h3-6,12H,7-10H2,1-2H3. The van der Waals surface area contributed by atoms with E-state index in [4.69, 9.17) is 0 Å². The molecule has 1 fully saturated rings. The number of hydrogen-bond acceptors (Lipinski definition) is 4. The summed E-state index contributed by atoms with van der Waals surface area (Å²) in [6.45, 7) is 3.35. The first kappa shape index (κ1) is 14.1. The SMILES string of the molecule is CC(=O)C1CCN(c2ccc(S(C)(=O)=O)cc2)CC1. The average Bonchev–Trinajstić information content (AvgIpc) is 2.38. The van der Waals surface area contributed by atoms with Gasteiger partial charge in [-0.15, -0.1) is 0 Å². The van der Waals surface area contributed by atoms with Crippen molar-refractivity contribution in [3.05, 3.63) is 24.3 Å². The molecule has 0 aromatic heterocycles. The summed E-state index contributed by atoms with van der Waals surface area (Å²) in [6, 6.07) is 6.96. The number of ketones is 1. The van der Waals surface area contributed by atoms with Gasteiger partial charge in [-0.2, -0.15) is 0 Å². The summed E-state index contributed by atoms with van der Waals surface area (Å²) in [5.41, 5.74) is 1.02. The Bertz CT molecular complexity index is 555. The number of hydrogen-bond donors (Lipinski definition) is 0. The highest BCUT2D eigenvalue weighted by molar-refractivity contribution is 7.90. The summed E-state index contributed by atoms with van der Waals surface area (Å²) in [6.07, 6.45) is 2.96. The lowest BCUT2D eigenvalue weighted by Gasteiger charge is -2.32. The molecule has 0 spiro atoms. The number of rotatable bonds is 3. The van der Waals surface area contributed by atoms with Crippen molar-refractivity contribution in [1.82, 2.24) is 0 Å². The largest absolute Gasteiger partial charge is 0.371 e. The Morgan fingerprint density at radius 3 is 2.11 bits per heavy atom. The van der Waals surface area contributed by atoms with E-state index >= 15 is 0 Å². The van der Waals surface area contributed by atoms with Gasteiger partial charge in [-0.05, 0) is 44.0 Å². The maximum Gasteiger partial charge on any atom is 0.175 e. The van der Waals surface area contributed by atoms with Crippen molar-refractivity contribution < 1.29 is 13.2 Å². The zero-order valence-corrected chi connectivity index (χ0v) is 12.1. The monoisotopic (exact) mass is 281 g/mol. The van der Waals surface area contributed by atoms with Gasteiger partial charge in [0.25, 0.3) is 0 Å². The molecule has 0 unspecified atom stereocenters. The van der Waals surface area contributed by atoms with E-state index in [0.29, 0.717) is 4.90 Å². The summed E-state index contributed by atoms with van der Waals surface area (Å²) in [7, 11) is -3.13. The van der Waals surface area contributed by atoms with Gasteiger partial charge in [0.15, 0.2) is 9.84 Å². The van der Waals surface area contributed by atoms with E-state index in [1.165, 1.54) is 6.26 Å². The molecule has 1 aromatic carbocycles. The summed E-state index contributed by atoms with van der Waals surface area (Å²) in [5, 5.41) is 0. The minimum atomic E-state index is -3.13. The molecule has 0 saturated carbocycles. The number of benzene rings is 1. The van der Waals surface area contributed by atoms with Gasteiger partial charge >= 0.3 is 0 Å². The van der Waals surface area contributed by atoms with Gasteiger partial charge in [-0.1, -0.05) is 0 Å². The average molecular weight is 281 g/mol. The molecule has 1 aliphatic rings. The number of piperidine rings is 1. The van der Waals surface area contributed by atoms with Crippen LogP contribution >= 0.6 is 0 Å². The fraction of sp³-hybridized carbons (Fsp3) is 0.500. The minimum Gasteiger partial charge on any atom is -0.371 e. The Morgan fingerprint density at radius 2 is 1.68 bits per heavy atom. The van der Waals surface area contributed by atoms with E-state index in [9.17, 15) is 13.2 Å². The van der Waals surface area contributed by atoms with Crippen LogP contribution in [-0.4, -0.2) is 33.5 Å². The molecule has 0 radical (unpaired) electrons. The third-order valence-electron chi connectivity index (χ3n) is 3.70. The van der Waals surface area contributed by atoms with E-state index < -0.39 is 9.84 Å². The second kappa shape index (κ2) is 5.33. The summed E-state index contributed by atoms with van der Waals surface area (Å²) in [4.78, 5) is 13.9. The molecule has 1 aliphatic heterocycles. The number of Topliss-reactive ketones (excluding diaryl/α,β-unsaturated/α-hetero) is 1. The van der Waals surface area contributed by atoms with Crippen molar-refractivity contribution in [3.8, 4) is 0 Å². The number of carbonyl (C=O) groups is 1. The van der Waals surface area contributed by atoms with Crippen LogP contribution in [-0.2, 0) is 14.6 Å². The fourth-order valence-electron chi connectivity index (χ4n) is 2.45. The van der Waals surface area contributed by atoms with E-state index in [1.54, 1.807) is 19.1 Å². The zero-order chi connectivity index (χ0) is 14.0. The van der Waals surface area contributed by atoms with E-state index in [-0.39, 0.29) is 11.7 Å². The molecular formula is C14H19NO3S. The van der Waals surface area contributed by atoms with Crippen LogP contribution < -0.4 is 4.90 Å². The lowest BCUT2D eigenvalue weighted by Crippen LogP contribution is -2.35. The second-order valence-electron chi connectivity index (χ2n) is 5.14. The van der Waals surface area contributed by atoms with Crippen LogP contribution in [0.15, 0.2) is 29.2 Å². The predicted molar refractivity (Wildman–Crippen MR) is 75.2 cm³/mol. The van der Waals surface area contributed by atoms with Crippen molar-refractivity contribution in [2.45, 2.75) is 24.7 Å². The molecule has 0 atom stereocenters. The molecule has 1 aromatic rings. The normalized spacial score (nSPS) is 17.5. The first-order valence-electron chi connectivity index (χ1n) is 6.43. The predicted octanol–water partition coefficient (Wildman–Crippen LogP) is 1.90. The minimum absolute atomic E-state index is 0.187. The first-order valence-corrected chi connectivity index (χ1v) is 8.32. The fourth-order valence-corrected chi connectivity index (χ4v) is 3.08. The summed E-state index contributed by atoms with van der Waals surface area (Å²) < 4.78 is 22.8. The summed E-state index contributed by atoms with van der Waals surface area (Å²) >= 11 is 0. The topological polar surface area (TPSA) is 54.5 Å². The van der Waals surface area contributed by atoms with Gasteiger partial charge < -0.3 is 4.90 Å². The van der Waals surface area contributed by atoms with Crippen LogP contribution in [0.25, 0.3) is 0 Å². The van der Waals surface area contributed by atoms with Crippen molar-refractivity contribution >= 4 is 21.3 Å². The van der Waals surface area contributed by atoms with Crippen molar-refractivity contribution in [2.24, 2.45) is 5.92 Å². The molecule has 1 saturated heterocycles. The third-order valence-corrected chi connectivity index (χ3v) is 4.83. The molecule has 19 heavy (non-hydrogen) atoms. The maximum absolute atomic E-state index is 11.4. The van der Waals surface area contributed by atoms with Gasteiger partial charge in [0.2, 0.25) is 0 Å². The first-order chi connectivity index (χ1) is 8.88. The van der Waals surface area contributed by atoms with Crippen LogP contribution in [0.3, 0.4) is 0 Å². The quantitative estimate of drug-likeness (QED) is 0.849. The Kier molecular flexibility index (Phi) is 3.94. The van der Waals surface area contributed by atoms with Crippen LogP contribution in [0.2, 0.25) is 0 Å². The van der Waals surface area contributed by atoms with Crippen LogP contribution in [0.4, 0.5) is 5.69 Å². The molecule has 104 valence electrons. The van der Waals surface area contributed by atoms with Crippen molar-refractivity contribution in [1.29, 1.82) is 0 Å². The van der Waals surface area contributed by atoms with E-state index in [1.807, 2.05) is 12.1 Å². The lowest BCUT2D eigenvalue weighted by atomic mass is 9.93. The van der Waals surface area contributed by atoms with Crippen LogP contribution in [0.1, 0.15) is 19.8 Å². The molecule has 2 rings (SSSR count). The smallest absolute Gasteiger partial charge is 0.175 e. The molecule has 0 aliphatic carbocycles. The lowest BCUT2D eigenvalue weighted by molar-refractivity contribution is -0.121. The highest BCUT2D eigenvalue weighted by atomic mass is 32.2. The van der Waals surface area contributed by atoms with Gasteiger partial charge in [0.05, 0.1) is 4.90 Å². The Hall–Kier alpha value is -1.36. The molecule has 0 N–H and O–H groups in total. The maximum atomic E-state index is 11.4. The van der Waals surface area contributed by atoms with Crippen molar-refractivity contribution in [3.63, 3.8) is 0 Å². The Morgan fingerprint density at radius 1 is 1.16 bits per heavy atom. The number of anilines is 1. The Balaban J connectivity index is 2.06. The number of nitrogens with zero attached hydrogens (tertiary/aromatic N) is 1. The highest BCUT2D eigenvalue weighted by Crippen LogP contribution is 2.24. The van der Waals surface area contributed by atoms with Gasteiger partial charge in [0, 0.05) is 31.0 Å². The molecule has 5 heteroatoms. The van der Waals surface area contributed by atoms with E-state index in [0.717, 1.165) is 31.6 Å². The number of carbonyl (C=O) groups excluding carboxylic acids is 1. The molecule has 0 amide bonds. The van der Waals surface area contributed by atoms with Gasteiger partial charge in [-0.3, -0.25) is 4.79 Å². The molecule has 1 heterocycles. The summed E-state index contributed by atoms with van der Waals surface area (Å²) in [5.74, 6) is 0.457. The zero-order valence-electron chi connectivity index (χ0n) is 11.3. The van der Waals surface area contributed by atoms with Crippen LogP contribution in [0.5, 0.6) is 0 Å². The van der Waals surface area contributed by atoms with E-state index in [2.05, 4.69) is 4.90 Å². The molecule has 0 bridgehead atoms. The number of sulfone groups is 1.